The molecule has 4 N–H and O–H groups in total. The lowest BCUT2D eigenvalue weighted by molar-refractivity contribution is -0.139. The van der Waals surface area contributed by atoms with Crippen molar-refractivity contribution in [1.29, 1.82) is 0 Å². The van der Waals surface area contributed by atoms with Gasteiger partial charge in [-0.15, -0.1) is 0 Å². The standard InChI is InChI=1S/C46H54N8O7.CH4/c1-25(2)37(51-45(57)59-3)44(56)54-32-14-11-31(23-32)40(54)42-48-34-16-13-30-22-29(12-15-33(30)39(34)50-42)26-7-9-27(10-8-26)35-24-47-41(49-35)36-6-5-19-53(36)43(55)38(52-46(58)60-4)28-17-20-61-21-18-28;/h7-10,12-13,15-16,22,24-25,28,31-32,36-38,40H,5-6,11,14,17-21,23H2,1-4H3,(H,47,49)(H,48,50)(H,51,57)(H,52,58);1H4/t31-,32+,36-,37-,38?,40-;/m0./s1. The van der Waals surface area contributed by atoms with Gasteiger partial charge in [-0.2, -0.15) is 0 Å². The Kier molecular flexibility index (Phi) is 12.3. The van der Waals surface area contributed by atoms with Crippen LogP contribution in [-0.4, -0.2) is 106 Å². The first-order chi connectivity index (χ1) is 29.6. The Morgan fingerprint density at radius 3 is 2.29 bits per heavy atom. The highest BCUT2D eigenvalue weighted by Gasteiger charge is 2.51. The highest BCUT2D eigenvalue weighted by molar-refractivity contribution is 6.05. The fraction of sp³-hybridized carbons (Fsp3) is 0.489. The normalized spacial score (nSPS) is 22.1. The maximum absolute atomic E-state index is 14.1. The number of imidazole rings is 2. The zero-order valence-corrected chi connectivity index (χ0v) is 35.1. The fourth-order valence-electron chi connectivity index (χ4n) is 10.3. The van der Waals surface area contributed by atoms with Crippen molar-refractivity contribution in [2.24, 2.45) is 17.8 Å². The van der Waals surface area contributed by atoms with Gasteiger partial charge in [-0.3, -0.25) is 9.59 Å². The first kappa shape index (κ1) is 42.7. The summed E-state index contributed by atoms with van der Waals surface area (Å²) in [5.41, 5.74) is 5.76. The molecule has 4 fully saturated rings. The van der Waals surface area contributed by atoms with E-state index < -0.39 is 24.3 Å². The maximum atomic E-state index is 14.1. The number of benzene rings is 3. The van der Waals surface area contributed by atoms with E-state index in [2.05, 4.69) is 75.2 Å². The van der Waals surface area contributed by atoms with Crippen molar-refractivity contribution in [2.75, 3.05) is 34.0 Å². The molecule has 3 saturated heterocycles. The summed E-state index contributed by atoms with van der Waals surface area (Å²) in [5, 5.41) is 7.68. The van der Waals surface area contributed by atoms with E-state index in [0.29, 0.717) is 38.5 Å². The molecule has 1 aliphatic carbocycles. The molecule has 1 saturated carbocycles. The predicted molar refractivity (Wildman–Crippen MR) is 235 cm³/mol. The molecule has 15 heteroatoms. The Morgan fingerprint density at radius 1 is 0.823 bits per heavy atom. The zero-order chi connectivity index (χ0) is 42.4. The number of likely N-dealkylation sites (tertiary alicyclic amines) is 2. The number of H-pyrrole nitrogens is 2. The largest absolute Gasteiger partial charge is 0.453 e. The van der Waals surface area contributed by atoms with Crippen LogP contribution in [0, 0.1) is 17.8 Å². The summed E-state index contributed by atoms with van der Waals surface area (Å²) in [6.07, 6.45) is 6.51. The van der Waals surface area contributed by atoms with E-state index in [9.17, 15) is 19.2 Å². The van der Waals surface area contributed by atoms with Crippen LogP contribution in [0.2, 0.25) is 0 Å². The number of nitrogens with one attached hydrogen (secondary N) is 4. The second kappa shape index (κ2) is 17.8. The predicted octanol–water partition coefficient (Wildman–Crippen LogP) is 7.66. The summed E-state index contributed by atoms with van der Waals surface area (Å²) in [7, 11) is 2.62. The van der Waals surface area contributed by atoms with Crippen molar-refractivity contribution in [3.63, 3.8) is 0 Å². The third-order valence-electron chi connectivity index (χ3n) is 13.4. The van der Waals surface area contributed by atoms with Gasteiger partial charge in [-0.05, 0) is 96.9 Å². The lowest BCUT2D eigenvalue weighted by Crippen LogP contribution is -2.54. The van der Waals surface area contributed by atoms with Crippen LogP contribution in [0.3, 0.4) is 0 Å². The minimum Gasteiger partial charge on any atom is -0.453 e. The number of ether oxygens (including phenoxy) is 3. The number of hydrogen-bond donors (Lipinski definition) is 4. The van der Waals surface area contributed by atoms with E-state index in [1.807, 2.05) is 29.8 Å². The van der Waals surface area contributed by atoms with E-state index in [1.54, 1.807) is 0 Å². The molecular weight excluding hydrogens is 789 g/mol. The number of piperidine rings is 1. The average molecular weight is 847 g/mol. The molecule has 4 amide bonds. The van der Waals surface area contributed by atoms with E-state index in [0.717, 1.165) is 87.9 Å². The highest BCUT2D eigenvalue weighted by Crippen LogP contribution is 2.50. The molecular formula is C47H58N8O7. The van der Waals surface area contributed by atoms with Crippen molar-refractivity contribution in [3.05, 3.63) is 72.4 Å². The van der Waals surface area contributed by atoms with Gasteiger partial charge >= 0.3 is 12.2 Å². The number of carbonyl (C=O) groups is 4. The lowest BCUT2D eigenvalue weighted by Gasteiger charge is -2.37. The van der Waals surface area contributed by atoms with Gasteiger partial charge in [0.05, 0.1) is 49.2 Å². The molecule has 15 nitrogen and oxygen atoms in total. The first-order valence-electron chi connectivity index (χ1n) is 21.6. The number of carbonyl (C=O) groups excluding carboxylic acids is 4. The Hall–Kier alpha value is -5.96. The van der Waals surface area contributed by atoms with Crippen LogP contribution in [0.1, 0.15) is 90.0 Å². The molecule has 5 aromatic rings. The molecule has 5 heterocycles. The van der Waals surface area contributed by atoms with Gasteiger partial charge in [0.2, 0.25) is 11.8 Å². The number of aromatic amines is 2. The van der Waals surface area contributed by atoms with Crippen molar-refractivity contribution in [2.45, 2.75) is 96.4 Å². The summed E-state index contributed by atoms with van der Waals surface area (Å²) in [6.45, 7) is 5.57. The number of fused-ring (bicyclic) bond motifs is 5. The zero-order valence-electron chi connectivity index (χ0n) is 35.1. The minimum absolute atomic E-state index is 0. The Balaban J connectivity index is 0.00000529. The lowest BCUT2D eigenvalue weighted by atomic mass is 9.90. The van der Waals surface area contributed by atoms with Crippen LogP contribution < -0.4 is 10.6 Å². The van der Waals surface area contributed by atoms with Crippen LogP contribution in [-0.2, 0) is 23.8 Å². The monoisotopic (exact) mass is 846 g/mol. The second-order valence-corrected chi connectivity index (χ2v) is 17.3. The van der Waals surface area contributed by atoms with Crippen LogP contribution >= 0.6 is 0 Å². The number of alkyl carbamates (subject to hydrolysis) is 2. The SMILES string of the molecule is C.COC(=O)NC(C(=O)N1CCC[C@H]1c1ncc(-c2ccc(-c3ccc4c(ccc5[nH]c([C@@H]6[C@H]7CC[C@H](C7)N6C(=O)[C@@H](NC(=O)OC)C(C)C)nc54)c3)cc2)[nH]1)C1CCOCC1. The topological polar surface area (TPSA) is 184 Å². The smallest absolute Gasteiger partial charge is 0.407 e. The van der Waals surface area contributed by atoms with Crippen LogP contribution in [0.25, 0.3) is 44.2 Å². The van der Waals surface area contributed by atoms with E-state index >= 15 is 0 Å². The number of hydrogen-bond acceptors (Lipinski definition) is 9. The number of rotatable bonds is 10. The fourth-order valence-corrected chi connectivity index (χ4v) is 10.3. The molecule has 328 valence electrons. The van der Waals surface area contributed by atoms with Gasteiger partial charge in [0.25, 0.3) is 0 Å². The van der Waals surface area contributed by atoms with Gasteiger partial charge in [0.1, 0.15) is 23.7 Å². The van der Waals surface area contributed by atoms with Gasteiger partial charge < -0.3 is 44.6 Å². The molecule has 3 aliphatic heterocycles. The average Bonchev–Trinajstić information content (AvgIpc) is 4.15. The van der Waals surface area contributed by atoms with Crippen LogP contribution in [0.4, 0.5) is 9.59 Å². The number of amides is 4. The molecule has 4 aliphatic rings. The third kappa shape index (κ3) is 7.98. The summed E-state index contributed by atoms with van der Waals surface area (Å²) < 4.78 is 15.3. The molecule has 0 spiro atoms. The second-order valence-electron chi connectivity index (χ2n) is 17.3. The Bertz CT molecular complexity index is 2440. The van der Waals surface area contributed by atoms with Gasteiger partial charge in [-0.1, -0.05) is 63.7 Å². The molecule has 6 atom stereocenters. The molecule has 0 radical (unpaired) electrons. The molecule has 3 aromatic carbocycles. The Morgan fingerprint density at radius 2 is 1.55 bits per heavy atom. The van der Waals surface area contributed by atoms with Crippen molar-refractivity contribution >= 4 is 45.8 Å². The molecule has 2 bridgehead atoms. The molecule has 2 aromatic heterocycles. The quantitative estimate of drug-likeness (QED) is 0.110. The van der Waals surface area contributed by atoms with Crippen LogP contribution in [0.15, 0.2) is 60.8 Å². The van der Waals surface area contributed by atoms with Gasteiger partial charge in [0.15, 0.2) is 0 Å². The van der Waals surface area contributed by atoms with Crippen LogP contribution in [0.5, 0.6) is 0 Å². The summed E-state index contributed by atoms with van der Waals surface area (Å²) >= 11 is 0. The maximum Gasteiger partial charge on any atom is 0.407 e. The van der Waals surface area contributed by atoms with Gasteiger partial charge in [0, 0.05) is 31.2 Å². The van der Waals surface area contributed by atoms with Crippen molar-refractivity contribution in [3.8, 4) is 22.4 Å². The highest BCUT2D eigenvalue weighted by atomic mass is 16.5. The Labute approximate surface area is 361 Å². The number of aromatic nitrogens is 4. The molecule has 1 unspecified atom stereocenters. The molecule has 9 rings (SSSR count). The number of nitrogens with zero attached hydrogens (tertiary/aromatic N) is 4. The number of methoxy groups -OCH3 is 2. The van der Waals surface area contributed by atoms with E-state index in [4.69, 9.17) is 24.2 Å². The van der Waals surface area contributed by atoms with E-state index in [1.165, 1.54) is 14.2 Å². The summed E-state index contributed by atoms with van der Waals surface area (Å²) in [6, 6.07) is 17.3. The minimum atomic E-state index is -0.691. The van der Waals surface area contributed by atoms with Gasteiger partial charge in [-0.25, -0.2) is 19.6 Å². The molecule has 62 heavy (non-hydrogen) atoms. The summed E-state index contributed by atoms with van der Waals surface area (Å²) in [5.74, 6) is 1.47. The first-order valence-corrected chi connectivity index (χ1v) is 21.6. The summed E-state index contributed by atoms with van der Waals surface area (Å²) in [4.78, 5) is 73.4. The van der Waals surface area contributed by atoms with E-state index in [-0.39, 0.29) is 49.2 Å². The van der Waals surface area contributed by atoms with Crippen molar-refractivity contribution < 1.29 is 33.4 Å². The van der Waals surface area contributed by atoms with Crippen molar-refractivity contribution in [1.82, 2.24) is 40.4 Å². The third-order valence-corrected chi connectivity index (χ3v) is 13.4.